The number of rotatable bonds is 4. The minimum Gasteiger partial charge on any atom is -0.478 e. The van der Waals surface area contributed by atoms with Gasteiger partial charge in [0.1, 0.15) is 5.56 Å². The number of H-pyrrole nitrogens is 1. The standard InChI is InChI=1S/C10H8ClN3O4S/c11-6-2-1-3-7(4-6)14-19(17,18)9-8(10(15)16)5-12-13-9/h1-5,14H,(H,12,13)(H,15,16). The van der Waals surface area contributed by atoms with Crippen LogP contribution in [0.5, 0.6) is 0 Å². The summed E-state index contributed by atoms with van der Waals surface area (Å²) in [6, 6.07) is 6.03. The first kappa shape index (κ1) is 13.4. The highest BCUT2D eigenvalue weighted by molar-refractivity contribution is 7.92. The summed E-state index contributed by atoms with van der Waals surface area (Å²) in [4.78, 5) is 10.9. The Morgan fingerprint density at radius 2 is 2.16 bits per heavy atom. The molecule has 1 heterocycles. The van der Waals surface area contributed by atoms with Gasteiger partial charge in [-0.25, -0.2) is 4.79 Å². The highest BCUT2D eigenvalue weighted by Gasteiger charge is 2.24. The zero-order chi connectivity index (χ0) is 14.0. The van der Waals surface area contributed by atoms with Crippen LogP contribution < -0.4 is 4.72 Å². The van der Waals surface area contributed by atoms with Gasteiger partial charge >= 0.3 is 5.97 Å². The number of aromatic amines is 1. The van der Waals surface area contributed by atoms with Gasteiger partial charge in [0, 0.05) is 5.02 Å². The van der Waals surface area contributed by atoms with Crippen molar-refractivity contribution in [2.24, 2.45) is 0 Å². The van der Waals surface area contributed by atoms with E-state index in [-0.39, 0.29) is 5.69 Å². The molecule has 1 aromatic carbocycles. The summed E-state index contributed by atoms with van der Waals surface area (Å²) in [6.45, 7) is 0. The summed E-state index contributed by atoms with van der Waals surface area (Å²) in [7, 11) is -4.07. The lowest BCUT2D eigenvalue weighted by Gasteiger charge is -2.07. The van der Waals surface area contributed by atoms with E-state index >= 15 is 0 Å². The number of carboxylic acid groups (broad SMARTS) is 1. The number of anilines is 1. The second-order valence-electron chi connectivity index (χ2n) is 3.53. The van der Waals surface area contributed by atoms with Crippen LogP contribution in [0.25, 0.3) is 0 Å². The largest absolute Gasteiger partial charge is 0.478 e. The molecule has 1 aromatic heterocycles. The second-order valence-corrected chi connectivity index (χ2v) is 5.59. The Hall–Kier alpha value is -2.06. The fraction of sp³-hybridized carbons (Fsp3) is 0. The van der Waals surface area contributed by atoms with Gasteiger partial charge in [0.2, 0.25) is 0 Å². The Kier molecular flexibility index (Phi) is 3.45. The summed E-state index contributed by atoms with van der Waals surface area (Å²) in [5.74, 6) is -1.39. The lowest BCUT2D eigenvalue weighted by molar-refractivity contribution is 0.0692. The van der Waals surface area contributed by atoms with Gasteiger partial charge in [0.25, 0.3) is 10.0 Å². The minimum absolute atomic E-state index is 0.221. The predicted octanol–water partition coefficient (Wildman–Crippen LogP) is 1.56. The summed E-state index contributed by atoms with van der Waals surface area (Å²) in [6.07, 6.45) is 0.925. The maximum Gasteiger partial charge on any atom is 0.340 e. The van der Waals surface area contributed by atoms with Gasteiger partial charge in [0.05, 0.1) is 11.9 Å². The van der Waals surface area contributed by atoms with Crippen LogP contribution in [-0.4, -0.2) is 29.7 Å². The smallest absolute Gasteiger partial charge is 0.340 e. The first-order valence-electron chi connectivity index (χ1n) is 4.95. The molecule has 0 saturated heterocycles. The summed E-state index contributed by atoms with van der Waals surface area (Å²) in [5, 5.41) is 14.3. The van der Waals surface area contributed by atoms with Gasteiger partial charge in [-0.1, -0.05) is 17.7 Å². The molecule has 0 radical (unpaired) electrons. The van der Waals surface area contributed by atoms with Crippen LogP contribution in [0.15, 0.2) is 35.5 Å². The molecule has 2 aromatic rings. The van der Waals surface area contributed by atoms with Crippen molar-refractivity contribution in [2.75, 3.05) is 4.72 Å². The third-order valence-electron chi connectivity index (χ3n) is 2.18. The molecule has 0 aliphatic heterocycles. The van der Waals surface area contributed by atoms with E-state index in [0.717, 1.165) is 6.20 Å². The Morgan fingerprint density at radius 1 is 1.42 bits per heavy atom. The van der Waals surface area contributed by atoms with Gasteiger partial charge < -0.3 is 5.11 Å². The highest BCUT2D eigenvalue weighted by atomic mass is 35.5. The number of carboxylic acids is 1. The lowest BCUT2D eigenvalue weighted by Crippen LogP contribution is -2.16. The molecule has 7 nitrogen and oxygen atoms in total. The van der Waals surface area contributed by atoms with E-state index in [9.17, 15) is 13.2 Å². The number of aromatic nitrogens is 2. The molecule has 9 heteroatoms. The first-order valence-corrected chi connectivity index (χ1v) is 6.81. The zero-order valence-corrected chi connectivity index (χ0v) is 10.9. The highest BCUT2D eigenvalue weighted by Crippen LogP contribution is 2.20. The van der Waals surface area contributed by atoms with E-state index in [4.69, 9.17) is 16.7 Å². The van der Waals surface area contributed by atoms with Crippen molar-refractivity contribution in [3.8, 4) is 0 Å². The topological polar surface area (TPSA) is 112 Å². The van der Waals surface area contributed by atoms with Crippen molar-refractivity contribution >= 4 is 33.3 Å². The normalized spacial score (nSPS) is 11.2. The average Bonchev–Trinajstić information content (AvgIpc) is 2.77. The molecular formula is C10H8ClN3O4S. The second kappa shape index (κ2) is 4.90. The van der Waals surface area contributed by atoms with Crippen molar-refractivity contribution in [1.29, 1.82) is 0 Å². The number of hydrogen-bond acceptors (Lipinski definition) is 4. The molecule has 0 atom stereocenters. The molecule has 2 rings (SSSR count). The molecule has 0 amide bonds. The van der Waals surface area contributed by atoms with E-state index in [1.165, 1.54) is 12.1 Å². The van der Waals surface area contributed by atoms with Crippen LogP contribution in [0.1, 0.15) is 10.4 Å². The Bertz CT molecular complexity index is 726. The number of benzene rings is 1. The van der Waals surface area contributed by atoms with Gasteiger partial charge in [-0.3, -0.25) is 9.82 Å². The van der Waals surface area contributed by atoms with E-state index in [0.29, 0.717) is 5.02 Å². The average molecular weight is 302 g/mol. The molecular weight excluding hydrogens is 294 g/mol. The monoisotopic (exact) mass is 301 g/mol. The first-order chi connectivity index (χ1) is 8.90. The van der Waals surface area contributed by atoms with Crippen LogP contribution >= 0.6 is 11.6 Å². The quantitative estimate of drug-likeness (QED) is 0.793. The number of aromatic carboxylic acids is 1. The van der Waals surface area contributed by atoms with Crippen LogP contribution in [0.2, 0.25) is 5.02 Å². The molecule has 0 aliphatic carbocycles. The number of carbonyl (C=O) groups is 1. The number of nitrogens with zero attached hydrogens (tertiary/aromatic N) is 1. The number of hydrogen-bond donors (Lipinski definition) is 3. The molecule has 3 N–H and O–H groups in total. The number of halogens is 1. The third-order valence-corrected chi connectivity index (χ3v) is 3.77. The number of nitrogens with one attached hydrogen (secondary N) is 2. The molecule has 0 aliphatic rings. The molecule has 0 bridgehead atoms. The van der Waals surface area contributed by atoms with Crippen LogP contribution in [-0.2, 0) is 10.0 Å². The zero-order valence-electron chi connectivity index (χ0n) is 9.29. The predicted molar refractivity (Wildman–Crippen MR) is 67.8 cm³/mol. The summed E-state index contributed by atoms with van der Waals surface area (Å²) >= 11 is 5.73. The molecule has 0 saturated carbocycles. The SMILES string of the molecule is O=C(O)c1cn[nH]c1S(=O)(=O)Nc1cccc(Cl)c1. The molecule has 0 fully saturated rings. The van der Waals surface area contributed by atoms with Crippen molar-refractivity contribution in [2.45, 2.75) is 5.03 Å². The Balaban J connectivity index is 2.38. The van der Waals surface area contributed by atoms with E-state index in [2.05, 4.69) is 14.9 Å². The van der Waals surface area contributed by atoms with Gasteiger partial charge in [-0.05, 0) is 18.2 Å². The van der Waals surface area contributed by atoms with Crippen molar-refractivity contribution in [3.63, 3.8) is 0 Å². The molecule has 0 spiro atoms. The molecule has 100 valence electrons. The third kappa shape index (κ3) is 2.85. The van der Waals surface area contributed by atoms with Crippen molar-refractivity contribution in [3.05, 3.63) is 41.0 Å². The Labute approximate surface area is 113 Å². The maximum atomic E-state index is 12.0. The summed E-state index contributed by atoms with van der Waals surface area (Å²) in [5.41, 5.74) is -0.215. The van der Waals surface area contributed by atoms with Crippen molar-refractivity contribution in [1.82, 2.24) is 10.2 Å². The van der Waals surface area contributed by atoms with Gasteiger partial charge in [-0.15, -0.1) is 0 Å². The fourth-order valence-electron chi connectivity index (χ4n) is 1.39. The molecule has 0 unspecified atom stereocenters. The summed E-state index contributed by atoms with van der Waals surface area (Å²) < 4.78 is 26.2. The van der Waals surface area contributed by atoms with Crippen LogP contribution in [0.4, 0.5) is 5.69 Å². The fourth-order valence-corrected chi connectivity index (χ4v) is 2.72. The molecule has 19 heavy (non-hydrogen) atoms. The van der Waals surface area contributed by atoms with E-state index in [1.807, 2.05) is 0 Å². The van der Waals surface area contributed by atoms with Crippen LogP contribution in [0.3, 0.4) is 0 Å². The van der Waals surface area contributed by atoms with E-state index < -0.39 is 26.6 Å². The van der Waals surface area contributed by atoms with Crippen LogP contribution in [0, 0.1) is 0 Å². The van der Waals surface area contributed by atoms with E-state index in [1.54, 1.807) is 12.1 Å². The Morgan fingerprint density at radius 3 is 2.79 bits per heavy atom. The lowest BCUT2D eigenvalue weighted by atomic mass is 10.3. The maximum absolute atomic E-state index is 12.0. The minimum atomic E-state index is -4.07. The van der Waals surface area contributed by atoms with Gasteiger partial charge in [0.15, 0.2) is 5.03 Å². The van der Waals surface area contributed by atoms with Crippen molar-refractivity contribution < 1.29 is 18.3 Å². The number of sulfonamides is 1. The van der Waals surface area contributed by atoms with Gasteiger partial charge in [-0.2, -0.15) is 13.5 Å².